The summed E-state index contributed by atoms with van der Waals surface area (Å²) in [6, 6.07) is 19.3. The maximum Gasteiger partial charge on any atom is 0.213 e. The summed E-state index contributed by atoms with van der Waals surface area (Å²) in [6.45, 7) is 3.64. The van der Waals surface area contributed by atoms with E-state index in [2.05, 4.69) is 33.0 Å². The molecule has 1 fully saturated rings. The maximum atomic E-state index is 9.62. The van der Waals surface area contributed by atoms with Crippen LogP contribution < -0.4 is 19.3 Å². The third-order valence-corrected chi connectivity index (χ3v) is 5.26. The number of anilines is 2. The van der Waals surface area contributed by atoms with Crippen LogP contribution in [-0.4, -0.2) is 50.5 Å². The molecule has 1 N–H and O–H groups in total. The molecule has 1 aliphatic heterocycles. The highest BCUT2D eigenvalue weighted by molar-refractivity contribution is 5.76. The van der Waals surface area contributed by atoms with Crippen molar-refractivity contribution in [1.29, 1.82) is 0 Å². The van der Waals surface area contributed by atoms with E-state index in [1.165, 1.54) is 5.69 Å². The predicted molar refractivity (Wildman–Crippen MR) is 115 cm³/mol. The second-order valence-corrected chi connectivity index (χ2v) is 6.94. The average Bonchev–Trinajstić information content (AvgIpc) is 2.79. The number of rotatable bonds is 5. The van der Waals surface area contributed by atoms with Crippen LogP contribution in [0.1, 0.15) is 0 Å². The third kappa shape index (κ3) is 4.06. The van der Waals surface area contributed by atoms with E-state index in [1.807, 2.05) is 30.3 Å². The number of nitrogens with zero attached hydrogens (tertiary/aromatic N) is 3. The molecule has 3 aromatic rings. The highest BCUT2D eigenvalue weighted by Gasteiger charge is 2.21. The second kappa shape index (κ2) is 8.31. The zero-order valence-corrected chi connectivity index (χ0v) is 16.7. The van der Waals surface area contributed by atoms with E-state index in [1.54, 1.807) is 26.4 Å². The zero-order chi connectivity index (χ0) is 20.2. The van der Waals surface area contributed by atoms with Crippen molar-refractivity contribution in [2.45, 2.75) is 0 Å². The van der Waals surface area contributed by atoms with Gasteiger partial charge in [-0.3, -0.25) is 0 Å². The summed E-state index contributed by atoms with van der Waals surface area (Å²) >= 11 is 0. The highest BCUT2D eigenvalue weighted by atomic mass is 16.5. The summed E-state index contributed by atoms with van der Waals surface area (Å²) in [6.07, 6.45) is 0. The van der Waals surface area contributed by atoms with Gasteiger partial charge in [-0.1, -0.05) is 0 Å². The van der Waals surface area contributed by atoms with E-state index in [0.29, 0.717) is 5.88 Å². The first-order chi connectivity index (χ1) is 14.2. The largest absolute Gasteiger partial charge is 0.508 e. The van der Waals surface area contributed by atoms with Crippen LogP contribution >= 0.6 is 0 Å². The zero-order valence-electron chi connectivity index (χ0n) is 16.7. The lowest BCUT2D eigenvalue weighted by atomic mass is 10.1. The molecular weight excluding hydrogens is 366 g/mol. The van der Waals surface area contributed by atoms with Gasteiger partial charge in [0, 0.05) is 43.5 Å². The van der Waals surface area contributed by atoms with Crippen LogP contribution in [0.4, 0.5) is 11.4 Å². The van der Waals surface area contributed by atoms with Crippen molar-refractivity contribution in [3.8, 4) is 28.6 Å². The molecular formula is C23H25N3O3. The highest BCUT2D eigenvalue weighted by Crippen LogP contribution is 2.33. The van der Waals surface area contributed by atoms with Crippen molar-refractivity contribution >= 4 is 11.4 Å². The minimum atomic E-state index is 0.242. The number of phenolic OH excluding ortho intramolecular Hbond substituents is 1. The standard InChI is InChI=1S/C23H25N3O3/c1-28-20-9-5-18(6-10-20)25-13-15-26(16-14-25)21-11-12-22(29-2)24-23(21)17-3-7-19(27)8-4-17/h3-12,27H,13-16H2,1-2H3. The van der Waals surface area contributed by atoms with E-state index < -0.39 is 0 Å². The lowest BCUT2D eigenvalue weighted by molar-refractivity contribution is 0.398. The Labute approximate surface area is 170 Å². The molecule has 0 bridgehead atoms. The smallest absolute Gasteiger partial charge is 0.213 e. The molecule has 150 valence electrons. The monoisotopic (exact) mass is 391 g/mol. The van der Waals surface area contributed by atoms with Gasteiger partial charge in [-0.2, -0.15) is 0 Å². The van der Waals surface area contributed by atoms with Crippen molar-refractivity contribution in [3.63, 3.8) is 0 Å². The summed E-state index contributed by atoms with van der Waals surface area (Å²) in [5, 5.41) is 9.62. The van der Waals surface area contributed by atoms with Crippen LogP contribution in [0.3, 0.4) is 0 Å². The summed E-state index contributed by atoms with van der Waals surface area (Å²) in [4.78, 5) is 9.43. The van der Waals surface area contributed by atoms with E-state index in [4.69, 9.17) is 9.47 Å². The normalized spacial score (nSPS) is 14.0. The van der Waals surface area contributed by atoms with Gasteiger partial charge in [-0.05, 0) is 54.6 Å². The molecule has 29 heavy (non-hydrogen) atoms. The van der Waals surface area contributed by atoms with Crippen molar-refractivity contribution in [2.24, 2.45) is 0 Å². The fraction of sp³-hybridized carbons (Fsp3) is 0.261. The molecule has 1 saturated heterocycles. The Bertz CT molecular complexity index is 950. The fourth-order valence-electron chi connectivity index (χ4n) is 3.63. The topological polar surface area (TPSA) is 58.1 Å². The Morgan fingerprint density at radius 1 is 0.759 bits per heavy atom. The van der Waals surface area contributed by atoms with Gasteiger partial charge < -0.3 is 24.4 Å². The molecule has 2 heterocycles. The molecule has 0 radical (unpaired) electrons. The van der Waals surface area contributed by atoms with E-state index in [-0.39, 0.29) is 5.75 Å². The third-order valence-electron chi connectivity index (χ3n) is 5.26. The van der Waals surface area contributed by atoms with Gasteiger partial charge in [0.1, 0.15) is 11.5 Å². The Balaban J connectivity index is 1.55. The summed E-state index contributed by atoms with van der Waals surface area (Å²) in [5.74, 6) is 1.69. The van der Waals surface area contributed by atoms with Crippen LogP contribution in [0.25, 0.3) is 11.3 Å². The molecule has 0 unspecified atom stereocenters. The van der Waals surface area contributed by atoms with Crippen LogP contribution in [0.2, 0.25) is 0 Å². The van der Waals surface area contributed by atoms with Gasteiger partial charge in [0.05, 0.1) is 25.6 Å². The van der Waals surface area contributed by atoms with Crippen LogP contribution in [-0.2, 0) is 0 Å². The molecule has 4 rings (SSSR count). The molecule has 0 saturated carbocycles. The fourth-order valence-corrected chi connectivity index (χ4v) is 3.63. The summed E-state index contributed by atoms with van der Waals surface area (Å²) < 4.78 is 10.6. The molecule has 1 aromatic heterocycles. The van der Waals surface area contributed by atoms with E-state index in [0.717, 1.165) is 48.9 Å². The number of benzene rings is 2. The Hall–Kier alpha value is -3.41. The van der Waals surface area contributed by atoms with Crippen LogP contribution in [0, 0.1) is 0 Å². The van der Waals surface area contributed by atoms with Gasteiger partial charge in [-0.25, -0.2) is 4.98 Å². The minimum Gasteiger partial charge on any atom is -0.508 e. The van der Waals surface area contributed by atoms with Gasteiger partial charge in [0.2, 0.25) is 5.88 Å². The first-order valence-electron chi connectivity index (χ1n) is 9.66. The molecule has 6 heteroatoms. The SMILES string of the molecule is COc1ccc(N2CCN(c3ccc(OC)nc3-c3ccc(O)cc3)CC2)cc1. The summed E-state index contributed by atoms with van der Waals surface area (Å²) in [7, 11) is 3.30. The Morgan fingerprint density at radius 2 is 1.41 bits per heavy atom. The predicted octanol–water partition coefficient (Wildman–Crippen LogP) is 3.80. The van der Waals surface area contributed by atoms with Crippen molar-refractivity contribution < 1.29 is 14.6 Å². The van der Waals surface area contributed by atoms with Crippen molar-refractivity contribution in [3.05, 3.63) is 60.7 Å². The number of ether oxygens (including phenoxy) is 2. The Kier molecular flexibility index (Phi) is 5.42. The van der Waals surface area contributed by atoms with Crippen molar-refractivity contribution in [1.82, 2.24) is 4.98 Å². The molecule has 0 aliphatic carbocycles. The average molecular weight is 391 g/mol. The van der Waals surface area contributed by atoms with Gasteiger partial charge in [0.25, 0.3) is 0 Å². The number of piperazine rings is 1. The van der Waals surface area contributed by atoms with Crippen LogP contribution in [0.5, 0.6) is 17.4 Å². The first-order valence-corrected chi connectivity index (χ1v) is 9.66. The number of hydrogen-bond acceptors (Lipinski definition) is 6. The number of pyridine rings is 1. The van der Waals surface area contributed by atoms with E-state index in [9.17, 15) is 5.11 Å². The van der Waals surface area contributed by atoms with Crippen molar-refractivity contribution in [2.75, 3.05) is 50.2 Å². The molecule has 0 atom stereocenters. The first kappa shape index (κ1) is 18.9. The molecule has 1 aliphatic rings. The van der Waals surface area contributed by atoms with Gasteiger partial charge in [0.15, 0.2) is 0 Å². The molecule has 0 amide bonds. The maximum absolute atomic E-state index is 9.62. The number of aromatic hydroxyl groups is 1. The minimum absolute atomic E-state index is 0.242. The number of hydrogen-bond donors (Lipinski definition) is 1. The molecule has 2 aromatic carbocycles. The summed E-state index contributed by atoms with van der Waals surface area (Å²) in [5.41, 5.74) is 4.10. The Morgan fingerprint density at radius 3 is 2.03 bits per heavy atom. The molecule has 0 spiro atoms. The quantitative estimate of drug-likeness (QED) is 0.714. The number of aromatic nitrogens is 1. The lowest BCUT2D eigenvalue weighted by Crippen LogP contribution is -2.46. The van der Waals surface area contributed by atoms with E-state index >= 15 is 0 Å². The number of phenols is 1. The lowest BCUT2D eigenvalue weighted by Gasteiger charge is -2.38. The van der Waals surface area contributed by atoms with Gasteiger partial charge in [-0.15, -0.1) is 0 Å². The second-order valence-electron chi connectivity index (χ2n) is 6.94. The molecule has 6 nitrogen and oxygen atoms in total. The number of methoxy groups -OCH3 is 2. The van der Waals surface area contributed by atoms with Crippen LogP contribution in [0.15, 0.2) is 60.7 Å². The van der Waals surface area contributed by atoms with Gasteiger partial charge >= 0.3 is 0 Å².